The van der Waals surface area contributed by atoms with Crippen LogP contribution in [0.4, 0.5) is 0 Å². The Bertz CT molecular complexity index is 1120. The van der Waals surface area contributed by atoms with E-state index in [1.54, 1.807) is 0 Å². The van der Waals surface area contributed by atoms with Gasteiger partial charge in [0.05, 0.1) is 24.6 Å². The highest BCUT2D eigenvalue weighted by Gasteiger charge is 2.22. The second-order valence-corrected chi connectivity index (χ2v) is 8.65. The second-order valence-electron chi connectivity index (χ2n) is 8.22. The van der Waals surface area contributed by atoms with Gasteiger partial charge in [0.2, 0.25) is 0 Å². The van der Waals surface area contributed by atoms with E-state index < -0.39 is 0 Å². The molecule has 0 bridgehead atoms. The zero-order valence-electron chi connectivity index (χ0n) is 17.7. The molecule has 3 heterocycles. The summed E-state index contributed by atoms with van der Waals surface area (Å²) in [7, 11) is 0. The Balaban J connectivity index is 1.65. The van der Waals surface area contributed by atoms with Crippen molar-refractivity contribution in [2.24, 2.45) is 0 Å². The lowest BCUT2D eigenvalue weighted by atomic mass is 10.00. The lowest BCUT2D eigenvalue weighted by Crippen LogP contribution is -2.36. The van der Waals surface area contributed by atoms with Gasteiger partial charge in [0.15, 0.2) is 0 Å². The van der Waals surface area contributed by atoms with Crippen molar-refractivity contribution in [3.8, 4) is 11.3 Å². The Labute approximate surface area is 188 Å². The van der Waals surface area contributed by atoms with Gasteiger partial charge in [-0.3, -0.25) is 4.90 Å². The van der Waals surface area contributed by atoms with Crippen LogP contribution in [0.3, 0.4) is 0 Å². The zero-order chi connectivity index (χ0) is 21.2. The van der Waals surface area contributed by atoms with E-state index in [-0.39, 0.29) is 0 Å². The van der Waals surface area contributed by atoms with Crippen LogP contribution in [0.5, 0.6) is 0 Å². The average Bonchev–Trinajstić information content (AvgIpc) is 3.01. The van der Waals surface area contributed by atoms with Crippen LogP contribution in [-0.2, 0) is 11.3 Å². The molecule has 0 saturated carbocycles. The minimum absolute atomic E-state index is 0.737. The van der Waals surface area contributed by atoms with E-state index in [2.05, 4.69) is 71.1 Å². The van der Waals surface area contributed by atoms with Crippen LogP contribution in [0.15, 0.2) is 60.2 Å². The van der Waals surface area contributed by atoms with E-state index in [0.29, 0.717) is 0 Å². The molecule has 2 aliphatic heterocycles. The number of imidazole rings is 1. The molecular weight excluding hydrogens is 406 g/mol. The summed E-state index contributed by atoms with van der Waals surface area (Å²) in [5.74, 6) is 0.983. The van der Waals surface area contributed by atoms with Crippen molar-refractivity contribution in [3.63, 3.8) is 0 Å². The zero-order valence-corrected chi connectivity index (χ0v) is 18.5. The first-order valence-electron chi connectivity index (χ1n) is 10.8. The number of rotatable bonds is 4. The lowest BCUT2D eigenvalue weighted by Gasteiger charge is -2.27. The summed E-state index contributed by atoms with van der Waals surface area (Å²) >= 11 is 6.16. The third kappa shape index (κ3) is 4.38. The van der Waals surface area contributed by atoms with Gasteiger partial charge in [-0.2, -0.15) is 0 Å². The molecule has 158 valence electrons. The normalized spacial score (nSPS) is 17.0. The third-order valence-corrected chi connectivity index (χ3v) is 6.16. The fourth-order valence-electron chi connectivity index (χ4n) is 4.29. The molecule has 5 heteroatoms. The smallest absolute Gasteiger partial charge is 0.137 e. The van der Waals surface area contributed by atoms with E-state index in [1.807, 2.05) is 12.1 Å². The molecule has 0 aliphatic carbocycles. The average molecular weight is 432 g/mol. The van der Waals surface area contributed by atoms with E-state index in [0.717, 1.165) is 61.4 Å². The maximum Gasteiger partial charge on any atom is 0.137 e. The highest BCUT2D eigenvalue weighted by Crippen LogP contribution is 2.33. The summed E-state index contributed by atoms with van der Waals surface area (Å²) in [6.07, 6.45) is 5.41. The van der Waals surface area contributed by atoms with E-state index in [1.165, 1.54) is 22.4 Å². The number of halogens is 1. The van der Waals surface area contributed by atoms with E-state index >= 15 is 0 Å². The fraction of sp³-hybridized carbons (Fsp3) is 0.269. The predicted molar refractivity (Wildman–Crippen MR) is 128 cm³/mol. The molecule has 3 aromatic rings. The molecule has 1 saturated heterocycles. The molecule has 0 radical (unpaired) electrons. The molecule has 0 unspecified atom stereocenters. The first kappa shape index (κ1) is 20.3. The first-order chi connectivity index (χ1) is 15.2. The molecule has 2 aromatic carbocycles. The van der Waals surface area contributed by atoms with Crippen molar-refractivity contribution >= 4 is 29.5 Å². The SMILES string of the molecule is CC1=Cc2nc(-c3ccc(Cl)cc3)c(CN3CCOCC3)n2C=C(c2ccccc2)C1. The van der Waals surface area contributed by atoms with Crippen molar-refractivity contribution in [1.29, 1.82) is 0 Å². The molecule has 0 atom stereocenters. The number of allylic oxidation sites excluding steroid dienone is 2. The summed E-state index contributed by atoms with van der Waals surface area (Å²) in [6, 6.07) is 18.6. The van der Waals surface area contributed by atoms with Crippen LogP contribution in [0.1, 0.15) is 30.4 Å². The third-order valence-electron chi connectivity index (χ3n) is 5.91. The van der Waals surface area contributed by atoms with Gasteiger partial charge in [0.1, 0.15) is 5.82 Å². The molecule has 0 amide bonds. The molecule has 1 aromatic heterocycles. The number of ether oxygens (including phenoxy) is 1. The number of aromatic nitrogens is 2. The second kappa shape index (κ2) is 8.83. The monoisotopic (exact) mass is 431 g/mol. The Morgan fingerprint density at radius 1 is 0.968 bits per heavy atom. The molecule has 31 heavy (non-hydrogen) atoms. The fourth-order valence-corrected chi connectivity index (χ4v) is 4.42. The largest absolute Gasteiger partial charge is 0.379 e. The Hall–Kier alpha value is -2.66. The van der Waals surface area contributed by atoms with Crippen molar-refractivity contribution in [2.75, 3.05) is 26.3 Å². The molecule has 1 fully saturated rings. The van der Waals surface area contributed by atoms with E-state index in [9.17, 15) is 0 Å². The Morgan fingerprint density at radius 2 is 1.71 bits per heavy atom. The Morgan fingerprint density at radius 3 is 2.45 bits per heavy atom. The van der Waals surface area contributed by atoms with Gasteiger partial charge in [-0.15, -0.1) is 0 Å². The quantitative estimate of drug-likeness (QED) is 0.519. The molecule has 5 rings (SSSR count). The molecule has 0 N–H and O–H groups in total. The predicted octanol–water partition coefficient (Wildman–Crippen LogP) is 5.84. The summed E-state index contributed by atoms with van der Waals surface area (Å²) in [6.45, 7) is 6.45. The van der Waals surface area contributed by atoms with Crippen molar-refractivity contribution in [3.05, 3.63) is 82.3 Å². The number of morpholine rings is 1. The van der Waals surface area contributed by atoms with Crippen LogP contribution in [-0.4, -0.2) is 40.8 Å². The summed E-state index contributed by atoms with van der Waals surface area (Å²) in [5.41, 5.74) is 7.18. The van der Waals surface area contributed by atoms with Crippen LogP contribution < -0.4 is 0 Å². The number of hydrogen-bond donors (Lipinski definition) is 0. The summed E-state index contributed by atoms with van der Waals surface area (Å²) in [4.78, 5) is 7.54. The minimum atomic E-state index is 0.737. The van der Waals surface area contributed by atoms with Gasteiger partial charge in [0, 0.05) is 36.4 Å². The van der Waals surface area contributed by atoms with E-state index in [4.69, 9.17) is 21.3 Å². The van der Waals surface area contributed by atoms with Crippen LogP contribution in [0.25, 0.3) is 29.1 Å². The topological polar surface area (TPSA) is 30.3 Å². The molecule has 4 nitrogen and oxygen atoms in total. The first-order valence-corrected chi connectivity index (χ1v) is 11.2. The lowest BCUT2D eigenvalue weighted by molar-refractivity contribution is 0.0335. The van der Waals surface area contributed by atoms with Gasteiger partial charge in [-0.25, -0.2) is 4.98 Å². The van der Waals surface area contributed by atoms with Gasteiger partial charge < -0.3 is 9.30 Å². The van der Waals surface area contributed by atoms with Gasteiger partial charge >= 0.3 is 0 Å². The minimum Gasteiger partial charge on any atom is -0.379 e. The van der Waals surface area contributed by atoms with Crippen LogP contribution in [0, 0.1) is 0 Å². The van der Waals surface area contributed by atoms with Crippen LogP contribution in [0.2, 0.25) is 5.02 Å². The number of fused-ring (bicyclic) bond motifs is 1. The van der Waals surface area contributed by atoms with Crippen molar-refractivity contribution in [2.45, 2.75) is 19.9 Å². The van der Waals surface area contributed by atoms with Crippen LogP contribution >= 0.6 is 11.6 Å². The Kier molecular flexibility index (Phi) is 5.77. The highest BCUT2D eigenvalue weighted by atomic mass is 35.5. The molecule has 2 aliphatic rings. The summed E-state index contributed by atoms with van der Waals surface area (Å²) in [5, 5.41) is 0.737. The maximum atomic E-state index is 6.16. The standard InChI is InChI=1S/C26H26ClN3O/c1-19-15-22(20-5-3-2-4-6-20)17-30-24(18-29-11-13-31-14-12-29)26(28-25(30)16-19)21-7-9-23(27)10-8-21/h2-10,16-17H,11-15,18H2,1H3. The number of hydrogen-bond acceptors (Lipinski definition) is 3. The number of nitrogens with zero attached hydrogens (tertiary/aromatic N) is 3. The number of benzene rings is 2. The van der Waals surface area contributed by atoms with Gasteiger partial charge in [-0.05, 0) is 42.7 Å². The molecular formula is C26H26ClN3O. The summed E-state index contributed by atoms with van der Waals surface area (Å²) < 4.78 is 7.86. The molecule has 0 spiro atoms. The van der Waals surface area contributed by atoms with Crippen molar-refractivity contribution < 1.29 is 4.74 Å². The van der Waals surface area contributed by atoms with Crippen molar-refractivity contribution in [1.82, 2.24) is 14.5 Å². The maximum absolute atomic E-state index is 6.16. The van der Waals surface area contributed by atoms with Gasteiger partial charge in [-0.1, -0.05) is 59.6 Å². The highest BCUT2D eigenvalue weighted by molar-refractivity contribution is 6.30. The van der Waals surface area contributed by atoms with Gasteiger partial charge in [0.25, 0.3) is 0 Å².